The van der Waals surface area contributed by atoms with E-state index in [2.05, 4.69) is 9.72 Å². The van der Waals surface area contributed by atoms with Gasteiger partial charge in [-0.3, -0.25) is 14.4 Å². The van der Waals surface area contributed by atoms with E-state index in [0.29, 0.717) is 55.9 Å². The summed E-state index contributed by atoms with van der Waals surface area (Å²) in [5, 5.41) is 0. The summed E-state index contributed by atoms with van der Waals surface area (Å²) in [6.45, 7) is 5.18. The number of pyridine rings is 1. The second kappa shape index (κ2) is 11.0. The van der Waals surface area contributed by atoms with Crippen LogP contribution in [-0.2, 0) is 27.0 Å². The van der Waals surface area contributed by atoms with Gasteiger partial charge in [0.1, 0.15) is 11.4 Å². The highest BCUT2D eigenvalue weighted by molar-refractivity contribution is 5.93. The number of alkyl halides is 3. The number of carbonyl (C=O) groups is 2. The first kappa shape index (κ1) is 28.1. The van der Waals surface area contributed by atoms with E-state index in [1.54, 1.807) is 34.1 Å². The Morgan fingerprint density at radius 2 is 1.85 bits per heavy atom. The second-order valence-electron chi connectivity index (χ2n) is 9.76. The summed E-state index contributed by atoms with van der Waals surface area (Å²) in [6.07, 6.45) is -0.0809. The third-order valence-electron chi connectivity index (χ3n) is 6.84. The van der Waals surface area contributed by atoms with Gasteiger partial charge >= 0.3 is 6.18 Å². The zero-order chi connectivity index (χ0) is 28.4. The first-order valence-electron chi connectivity index (χ1n) is 12.3. The minimum Gasteiger partial charge on any atom is -0.471 e. The highest BCUT2D eigenvalue weighted by Gasteiger charge is 2.40. The fourth-order valence-corrected chi connectivity index (χ4v) is 4.90. The molecule has 0 unspecified atom stereocenters. The first-order chi connectivity index (χ1) is 18.5. The van der Waals surface area contributed by atoms with Gasteiger partial charge in [-0.2, -0.15) is 13.2 Å². The van der Waals surface area contributed by atoms with Crippen molar-refractivity contribution in [2.24, 2.45) is 0 Å². The average Bonchev–Trinajstić information content (AvgIpc) is 3.51. The number of hydrogen-bond donors (Lipinski definition) is 0. The van der Waals surface area contributed by atoms with E-state index in [9.17, 15) is 22.8 Å². The van der Waals surface area contributed by atoms with Crippen LogP contribution in [0.4, 0.5) is 13.2 Å². The van der Waals surface area contributed by atoms with Crippen molar-refractivity contribution in [2.45, 2.75) is 51.1 Å². The Kier molecular flexibility index (Phi) is 7.96. The minimum absolute atomic E-state index is 0.246. The van der Waals surface area contributed by atoms with Crippen molar-refractivity contribution in [3.63, 3.8) is 0 Å². The van der Waals surface area contributed by atoms with E-state index >= 15 is 0 Å². The molecule has 1 aromatic carbocycles. The molecule has 0 N–H and O–H groups in total. The predicted molar refractivity (Wildman–Crippen MR) is 134 cm³/mol. The molecule has 2 aliphatic rings. The Morgan fingerprint density at radius 3 is 2.44 bits per heavy atom. The summed E-state index contributed by atoms with van der Waals surface area (Å²) in [5.41, 5.74) is 0.642. The summed E-state index contributed by atoms with van der Waals surface area (Å²) in [6, 6.07) is 8.32. The average molecular weight is 547 g/mol. The highest BCUT2D eigenvalue weighted by atomic mass is 19.4. The summed E-state index contributed by atoms with van der Waals surface area (Å²) in [7, 11) is 1.31. The highest BCUT2D eigenvalue weighted by Crippen LogP contribution is 2.41. The molecule has 0 aliphatic carbocycles. The van der Waals surface area contributed by atoms with Crippen LogP contribution in [0.15, 0.2) is 53.7 Å². The molecule has 0 saturated carbocycles. The normalized spacial score (nSPS) is 20.7. The monoisotopic (exact) mass is 546 g/mol. The SMILES string of the molecule is COC=O.Cc1cn(-c2ccc3n(c2=O)CCN(C[C@]2(C)CC[C@@H](c4ccc(C(F)(F)F)cc4)O2)C3=O)cn1. The second-order valence-corrected chi connectivity index (χ2v) is 9.76. The van der Waals surface area contributed by atoms with Gasteiger partial charge in [0.25, 0.3) is 17.9 Å². The summed E-state index contributed by atoms with van der Waals surface area (Å²) < 4.78 is 51.8. The Bertz CT molecular complexity index is 1400. The quantitative estimate of drug-likeness (QED) is 0.451. The van der Waals surface area contributed by atoms with Crippen molar-refractivity contribution in [1.29, 1.82) is 0 Å². The molecule has 2 aromatic heterocycles. The number of benzene rings is 1. The van der Waals surface area contributed by atoms with Crippen LogP contribution < -0.4 is 5.56 Å². The van der Waals surface area contributed by atoms with Crippen LogP contribution in [0, 0.1) is 6.92 Å². The van der Waals surface area contributed by atoms with Crippen molar-refractivity contribution in [2.75, 3.05) is 20.2 Å². The smallest absolute Gasteiger partial charge is 0.416 e. The number of imidazole rings is 1. The molecule has 2 atom stereocenters. The van der Waals surface area contributed by atoms with Crippen molar-refractivity contribution < 1.29 is 32.2 Å². The number of nitrogens with zero attached hydrogens (tertiary/aromatic N) is 4. The largest absolute Gasteiger partial charge is 0.471 e. The summed E-state index contributed by atoms with van der Waals surface area (Å²) in [4.78, 5) is 41.0. The number of aromatic nitrogens is 3. The minimum atomic E-state index is -4.38. The van der Waals surface area contributed by atoms with Crippen LogP contribution in [0.1, 0.15) is 53.2 Å². The maximum Gasteiger partial charge on any atom is 0.416 e. The van der Waals surface area contributed by atoms with Gasteiger partial charge in [-0.15, -0.1) is 0 Å². The van der Waals surface area contributed by atoms with Gasteiger partial charge < -0.3 is 23.5 Å². The Labute approximate surface area is 222 Å². The zero-order valence-electron chi connectivity index (χ0n) is 21.8. The number of carbonyl (C=O) groups excluding carboxylic acids is 2. The number of amides is 1. The van der Waals surface area contributed by atoms with Crippen LogP contribution >= 0.6 is 0 Å². The Balaban J connectivity index is 0.000000826. The predicted octanol–water partition coefficient (Wildman–Crippen LogP) is 3.92. The number of rotatable bonds is 5. The van der Waals surface area contributed by atoms with Gasteiger partial charge in [0.05, 0.1) is 36.4 Å². The van der Waals surface area contributed by atoms with E-state index in [4.69, 9.17) is 9.53 Å². The number of aryl methyl sites for hydroxylation is 1. The van der Waals surface area contributed by atoms with Gasteiger partial charge in [0, 0.05) is 25.8 Å². The van der Waals surface area contributed by atoms with E-state index in [-0.39, 0.29) is 17.6 Å². The molecule has 39 heavy (non-hydrogen) atoms. The van der Waals surface area contributed by atoms with Crippen molar-refractivity contribution in [1.82, 2.24) is 19.0 Å². The summed E-state index contributed by atoms with van der Waals surface area (Å²) >= 11 is 0. The van der Waals surface area contributed by atoms with Gasteiger partial charge in [-0.05, 0) is 56.5 Å². The van der Waals surface area contributed by atoms with Crippen LogP contribution in [0.3, 0.4) is 0 Å². The molecule has 0 spiro atoms. The van der Waals surface area contributed by atoms with Crippen LogP contribution in [0.2, 0.25) is 0 Å². The standard InChI is InChI=1S/C25H25F3N4O3.C2H4O2/c1-16-13-31(15-29-16)19-7-8-20-22(33)30(11-12-32(20)23(19)34)14-24(2)10-9-21(35-24)17-3-5-18(6-4-17)25(26,27)28;1-4-2-3/h3-8,13,15,21H,9-12,14H2,1-2H3;2H,1H3/t21-,24-;/m0./s1. The molecule has 1 amide bonds. The van der Waals surface area contributed by atoms with E-state index in [0.717, 1.165) is 17.8 Å². The molecular formula is C27H29F3N4O5. The molecule has 4 heterocycles. The molecule has 1 saturated heterocycles. The number of halogens is 3. The molecule has 12 heteroatoms. The third kappa shape index (κ3) is 6.06. The van der Waals surface area contributed by atoms with Gasteiger partial charge in [-0.1, -0.05) is 12.1 Å². The van der Waals surface area contributed by atoms with Gasteiger partial charge in [0.15, 0.2) is 0 Å². The van der Waals surface area contributed by atoms with E-state index < -0.39 is 17.3 Å². The molecule has 3 aromatic rings. The first-order valence-corrected chi connectivity index (χ1v) is 12.3. The van der Waals surface area contributed by atoms with Crippen LogP contribution in [-0.4, -0.2) is 57.2 Å². The molecule has 5 rings (SSSR count). The maximum absolute atomic E-state index is 13.2. The van der Waals surface area contributed by atoms with Crippen LogP contribution in [0.25, 0.3) is 5.69 Å². The third-order valence-corrected chi connectivity index (χ3v) is 6.84. The fraction of sp³-hybridized carbons (Fsp3) is 0.407. The maximum atomic E-state index is 13.2. The molecule has 2 aliphatic heterocycles. The number of methoxy groups -OCH3 is 1. The molecule has 9 nitrogen and oxygen atoms in total. The molecule has 208 valence electrons. The molecule has 1 fully saturated rings. The molecule has 0 bridgehead atoms. The van der Waals surface area contributed by atoms with Gasteiger partial charge in [0.2, 0.25) is 0 Å². The van der Waals surface area contributed by atoms with Gasteiger partial charge in [-0.25, -0.2) is 4.98 Å². The zero-order valence-corrected chi connectivity index (χ0v) is 21.8. The number of hydrogen-bond acceptors (Lipinski definition) is 6. The molecular weight excluding hydrogens is 517 g/mol. The number of ether oxygens (including phenoxy) is 2. The Hall–Kier alpha value is -3.93. The van der Waals surface area contributed by atoms with E-state index in [1.807, 2.05) is 13.8 Å². The lowest BCUT2D eigenvalue weighted by Crippen LogP contribution is -2.50. The lowest BCUT2D eigenvalue weighted by molar-refractivity contribution is -0.137. The van der Waals surface area contributed by atoms with Crippen molar-refractivity contribution in [3.05, 3.63) is 81.8 Å². The van der Waals surface area contributed by atoms with Crippen molar-refractivity contribution in [3.8, 4) is 5.69 Å². The fourth-order valence-electron chi connectivity index (χ4n) is 4.90. The summed E-state index contributed by atoms with van der Waals surface area (Å²) in [5.74, 6) is -0.246. The van der Waals surface area contributed by atoms with Crippen LogP contribution in [0.5, 0.6) is 0 Å². The lowest BCUT2D eigenvalue weighted by atomic mass is 9.99. The van der Waals surface area contributed by atoms with Crippen molar-refractivity contribution >= 4 is 12.4 Å². The Morgan fingerprint density at radius 1 is 1.15 bits per heavy atom. The van der Waals surface area contributed by atoms with E-state index in [1.165, 1.54) is 23.8 Å². The topological polar surface area (TPSA) is 95.7 Å². The number of fused-ring (bicyclic) bond motifs is 1. The lowest BCUT2D eigenvalue weighted by Gasteiger charge is -2.36. The molecule has 0 radical (unpaired) electrons.